The Morgan fingerprint density at radius 3 is 2.88 bits per heavy atom. The van der Waals surface area contributed by atoms with Crippen LogP contribution in [0.15, 0.2) is 34.4 Å². The maximum atomic E-state index is 4.32. The van der Waals surface area contributed by atoms with E-state index in [0.29, 0.717) is 0 Å². The summed E-state index contributed by atoms with van der Waals surface area (Å²) in [4.78, 5) is 8.61. The fraction of sp³-hybridized carbons (Fsp3) is 0.273. The number of halogens is 1. The molecular formula is C11H12BrN3S. The minimum Gasteiger partial charge on any atom is -0.361 e. The second-order valence-electron chi connectivity index (χ2n) is 3.34. The summed E-state index contributed by atoms with van der Waals surface area (Å²) in [5.41, 5.74) is 0. The van der Waals surface area contributed by atoms with Gasteiger partial charge in [-0.1, -0.05) is 6.92 Å². The third-order valence-electron chi connectivity index (χ3n) is 2.21. The molecule has 2 heterocycles. The molecule has 0 radical (unpaired) electrons. The first kappa shape index (κ1) is 11.5. The molecule has 5 heteroatoms. The van der Waals surface area contributed by atoms with Gasteiger partial charge in [0.15, 0.2) is 0 Å². The Balaban J connectivity index is 2.10. The molecule has 2 aromatic heterocycles. The fourth-order valence-corrected chi connectivity index (χ4v) is 2.39. The van der Waals surface area contributed by atoms with Crippen LogP contribution in [-0.2, 0) is 0 Å². The first-order valence-corrected chi connectivity index (χ1v) is 6.74. The molecule has 1 N–H and O–H groups in total. The molecule has 0 aromatic carbocycles. The van der Waals surface area contributed by atoms with E-state index in [-0.39, 0.29) is 6.04 Å². The molecule has 0 bridgehead atoms. The standard InChI is InChI=1S/C11H12BrN3S/c1-2-9(11-13-5-6-16-11)15-10-4-3-8(12)7-14-10/h3-7,9H,2H2,1H3,(H,14,15). The van der Waals surface area contributed by atoms with Crippen LogP contribution in [0.1, 0.15) is 24.4 Å². The predicted octanol–water partition coefficient (Wildman–Crippen LogP) is 3.86. The van der Waals surface area contributed by atoms with Crippen molar-refractivity contribution in [3.05, 3.63) is 39.4 Å². The molecule has 1 atom stereocenters. The smallest absolute Gasteiger partial charge is 0.126 e. The molecule has 3 nitrogen and oxygen atoms in total. The van der Waals surface area contributed by atoms with Crippen molar-refractivity contribution in [3.8, 4) is 0 Å². The summed E-state index contributed by atoms with van der Waals surface area (Å²) < 4.78 is 0.986. The van der Waals surface area contributed by atoms with E-state index in [0.717, 1.165) is 21.7 Å². The highest BCUT2D eigenvalue weighted by Gasteiger charge is 2.11. The summed E-state index contributed by atoms with van der Waals surface area (Å²) in [6.45, 7) is 2.14. The first-order valence-electron chi connectivity index (χ1n) is 5.07. The lowest BCUT2D eigenvalue weighted by atomic mass is 10.2. The van der Waals surface area contributed by atoms with Crippen molar-refractivity contribution >= 4 is 33.1 Å². The van der Waals surface area contributed by atoms with Crippen LogP contribution in [0, 0.1) is 0 Å². The highest BCUT2D eigenvalue weighted by atomic mass is 79.9. The Labute approximate surface area is 107 Å². The van der Waals surface area contributed by atoms with Gasteiger partial charge in [0.1, 0.15) is 10.8 Å². The molecule has 0 saturated heterocycles. The van der Waals surface area contributed by atoms with Crippen LogP contribution < -0.4 is 5.32 Å². The molecule has 0 amide bonds. The van der Waals surface area contributed by atoms with Crippen LogP contribution in [0.25, 0.3) is 0 Å². The molecule has 0 spiro atoms. The summed E-state index contributed by atoms with van der Waals surface area (Å²) in [6, 6.07) is 4.18. The highest BCUT2D eigenvalue weighted by molar-refractivity contribution is 9.10. The minimum absolute atomic E-state index is 0.244. The Morgan fingerprint density at radius 2 is 2.31 bits per heavy atom. The topological polar surface area (TPSA) is 37.8 Å². The third kappa shape index (κ3) is 2.80. The van der Waals surface area contributed by atoms with Crippen molar-refractivity contribution in [1.29, 1.82) is 0 Å². The number of aromatic nitrogens is 2. The van der Waals surface area contributed by atoms with E-state index in [4.69, 9.17) is 0 Å². The van der Waals surface area contributed by atoms with E-state index >= 15 is 0 Å². The number of hydrogen-bond acceptors (Lipinski definition) is 4. The van der Waals surface area contributed by atoms with E-state index in [9.17, 15) is 0 Å². The van der Waals surface area contributed by atoms with E-state index in [1.165, 1.54) is 0 Å². The zero-order valence-corrected chi connectivity index (χ0v) is 11.3. The van der Waals surface area contributed by atoms with Gasteiger partial charge < -0.3 is 5.32 Å². The zero-order chi connectivity index (χ0) is 11.4. The number of anilines is 1. The van der Waals surface area contributed by atoms with Crippen molar-refractivity contribution in [2.75, 3.05) is 5.32 Å². The van der Waals surface area contributed by atoms with Gasteiger partial charge in [-0.15, -0.1) is 11.3 Å². The van der Waals surface area contributed by atoms with E-state index in [1.807, 2.05) is 23.7 Å². The normalized spacial score (nSPS) is 12.4. The molecule has 84 valence electrons. The first-order chi connectivity index (χ1) is 7.79. The number of rotatable bonds is 4. The largest absolute Gasteiger partial charge is 0.361 e. The van der Waals surface area contributed by atoms with E-state index in [2.05, 4.69) is 38.1 Å². The molecule has 16 heavy (non-hydrogen) atoms. The fourth-order valence-electron chi connectivity index (χ4n) is 1.38. The van der Waals surface area contributed by atoms with Crippen LogP contribution in [0.4, 0.5) is 5.82 Å². The van der Waals surface area contributed by atoms with Gasteiger partial charge in [-0.25, -0.2) is 9.97 Å². The van der Waals surface area contributed by atoms with E-state index in [1.54, 1.807) is 17.5 Å². The second kappa shape index (κ2) is 5.41. The van der Waals surface area contributed by atoms with Crippen LogP contribution in [0.2, 0.25) is 0 Å². The number of nitrogens with one attached hydrogen (secondary N) is 1. The minimum atomic E-state index is 0.244. The number of nitrogens with zero attached hydrogens (tertiary/aromatic N) is 2. The van der Waals surface area contributed by atoms with Gasteiger partial charge in [0.25, 0.3) is 0 Å². The Morgan fingerprint density at radius 1 is 1.44 bits per heavy atom. The summed E-state index contributed by atoms with van der Waals surface area (Å²) in [5, 5.41) is 6.47. The lowest BCUT2D eigenvalue weighted by Gasteiger charge is -2.14. The third-order valence-corrected chi connectivity index (χ3v) is 3.57. The summed E-state index contributed by atoms with van der Waals surface area (Å²) >= 11 is 5.03. The van der Waals surface area contributed by atoms with Crippen molar-refractivity contribution in [2.24, 2.45) is 0 Å². The summed E-state index contributed by atoms with van der Waals surface area (Å²) in [5.74, 6) is 0.880. The number of hydrogen-bond donors (Lipinski definition) is 1. The second-order valence-corrected chi connectivity index (χ2v) is 5.18. The average Bonchev–Trinajstić information content (AvgIpc) is 2.82. The molecule has 0 aliphatic carbocycles. The average molecular weight is 298 g/mol. The van der Waals surface area contributed by atoms with Crippen molar-refractivity contribution < 1.29 is 0 Å². The van der Waals surface area contributed by atoms with Gasteiger partial charge >= 0.3 is 0 Å². The monoisotopic (exact) mass is 297 g/mol. The molecular weight excluding hydrogens is 286 g/mol. The Bertz CT molecular complexity index is 427. The molecule has 2 rings (SSSR count). The SMILES string of the molecule is CCC(Nc1ccc(Br)cn1)c1nccs1. The maximum Gasteiger partial charge on any atom is 0.126 e. The number of pyridine rings is 1. The Kier molecular flexibility index (Phi) is 3.90. The van der Waals surface area contributed by atoms with E-state index < -0.39 is 0 Å². The van der Waals surface area contributed by atoms with Crippen molar-refractivity contribution in [3.63, 3.8) is 0 Å². The van der Waals surface area contributed by atoms with Crippen molar-refractivity contribution in [1.82, 2.24) is 9.97 Å². The summed E-state index contributed by atoms with van der Waals surface area (Å²) in [7, 11) is 0. The van der Waals surface area contributed by atoms with Gasteiger partial charge in [-0.05, 0) is 34.5 Å². The van der Waals surface area contributed by atoms with Crippen LogP contribution in [-0.4, -0.2) is 9.97 Å². The molecule has 2 aromatic rings. The van der Waals surface area contributed by atoms with Gasteiger partial charge in [-0.3, -0.25) is 0 Å². The van der Waals surface area contributed by atoms with Gasteiger partial charge in [0.2, 0.25) is 0 Å². The molecule has 0 aliphatic rings. The quantitative estimate of drug-likeness (QED) is 0.931. The van der Waals surface area contributed by atoms with Crippen LogP contribution in [0.5, 0.6) is 0 Å². The highest BCUT2D eigenvalue weighted by Crippen LogP contribution is 2.23. The van der Waals surface area contributed by atoms with Crippen LogP contribution in [0.3, 0.4) is 0 Å². The molecule has 1 unspecified atom stereocenters. The zero-order valence-electron chi connectivity index (χ0n) is 8.85. The summed E-state index contributed by atoms with van der Waals surface area (Å²) in [6.07, 6.45) is 4.61. The Hall–Kier alpha value is -0.940. The van der Waals surface area contributed by atoms with Gasteiger partial charge in [0, 0.05) is 22.2 Å². The molecule has 0 fully saturated rings. The predicted molar refractivity (Wildman–Crippen MR) is 70.7 cm³/mol. The number of thiazole rings is 1. The lowest BCUT2D eigenvalue weighted by Crippen LogP contribution is -2.10. The van der Waals surface area contributed by atoms with Crippen molar-refractivity contribution in [2.45, 2.75) is 19.4 Å². The van der Waals surface area contributed by atoms with Gasteiger partial charge in [0.05, 0.1) is 6.04 Å². The lowest BCUT2D eigenvalue weighted by molar-refractivity contribution is 0.737. The van der Waals surface area contributed by atoms with Crippen LogP contribution >= 0.6 is 27.3 Å². The molecule has 0 aliphatic heterocycles. The van der Waals surface area contributed by atoms with Gasteiger partial charge in [-0.2, -0.15) is 0 Å². The maximum absolute atomic E-state index is 4.32. The molecule has 0 saturated carbocycles.